The number of halogens is 3. The van der Waals surface area contributed by atoms with E-state index < -0.39 is 45.4 Å². The normalized spacial score (nSPS) is 17.8. The molecule has 0 radical (unpaired) electrons. The Labute approximate surface area is 148 Å². The van der Waals surface area contributed by atoms with Crippen molar-refractivity contribution in [2.45, 2.75) is 25.1 Å². The molecule has 1 amide bonds. The molecule has 0 aliphatic carbocycles. The molecule has 0 bridgehead atoms. The molecule has 144 valence electrons. The van der Waals surface area contributed by atoms with Crippen LogP contribution in [0.2, 0.25) is 0 Å². The van der Waals surface area contributed by atoms with Crippen LogP contribution in [-0.2, 0) is 21.0 Å². The lowest BCUT2D eigenvalue weighted by Crippen LogP contribution is -2.37. The van der Waals surface area contributed by atoms with E-state index in [1.807, 2.05) is 4.72 Å². The van der Waals surface area contributed by atoms with E-state index in [0.29, 0.717) is 19.4 Å². The van der Waals surface area contributed by atoms with Crippen molar-refractivity contribution in [1.29, 1.82) is 0 Å². The van der Waals surface area contributed by atoms with E-state index in [1.54, 1.807) is 0 Å². The Morgan fingerprint density at radius 3 is 2.54 bits per heavy atom. The number of nitrogens with two attached hydrogens (primary N) is 2. The van der Waals surface area contributed by atoms with E-state index in [9.17, 15) is 26.4 Å². The Morgan fingerprint density at radius 2 is 2.00 bits per heavy atom. The molecule has 12 heteroatoms. The Bertz CT molecular complexity index is 835. The van der Waals surface area contributed by atoms with Crippen molar-refractivity contribution in [3.63, 3.8) is 0 Å². The summed E-state index contributed by atoms with van der Waals surface area (Å²) in [6, 6.07) is 2.34. The number of benzene rings is 1. The molecule has 1 atom stereocenters. The lowest BCUT2D eigenvalue weighted by molar-refractivity contribution is -0.136. The zero-order chi connectivity index (χ0) is 19.7. The summed E-state index contributed by atoms with van der Waals surface area (Å²) in [4.78, 5) is 17.0. The van der Waals surface area contributed by atoms with Crippen molar-refractivity contribution in [1.82, 2.24) is 0 Å². The van der Waals surface area contributed by atoms with E-state index >= 15 is 0 Å². The molecule has 1 saturated heterocycles. The van der Waals surface area contributed by atoms with E-state index in [4.69, 9.17) is 11.5 Å². The number of guanidine groups is 1. The van der Waals surface area contributed by atoms with Gasteiger partial charge in [0.25, 0.3) is 5.91 Å². The Hall–Kier alpha value is -2.50. The highest BCUT2D eigenvalue weighted by Gasteiger charge is 2.37. The van der Waals surface area contributed by atoms with E-state index in [1.165, 1.54) is 11.0 Å². The highest BCUT2D eigenvalue weighted by atomic mass is 32.2. The second-order valence-electron chi connectivity index (χ2n) is 5.83. The molecule has 1 aromatic carbocycles. The second-order valence-corrected chi connectivity index (χ2v) is 7.58. The fraction of sp³-hybridized carbons (Fsp3) is 0.429. The predicted molar refractivity (Wildman–Crippen MR) is 91.1 cm³/mol. The van der Waals surface area contributed by atoms with Crippen LogP contribution in [0.15, 0.2) is 23.2 Å². The summed E-state index contributed by atoms with van der Waals surface area (Å²) < 4.78 is 64.5. The third-order valence-electron chi connectivity index (χ3n) is 3.71. The highest BCUT2D eigenvalue weighted by molar-refractivity contribution is 7.92. The van der Waals surface area contributed by atoms with Crippen LogP contribution in [0, 0.1) is 0 Å². The maximum atomic E-state index is 13.3. The van der Waals surface area contributed by atoms with Gasteiger partial charge in [0.2, 0.25) is 10.0 Å². The van der Waals surface area contributed by atoms with Crippen molar-refractivity contribution in [3.8, 4) is 0 Å². The number of rotatable bonds is 4. The van der Waals surface area contributed by atoms with Gasteiger partial charge in [-0.2, -0.15) is 18.2 Å². The largest absolute Gasteiger partial charge is 0.418 e. The summed E-state index contributed by atoms with van der Waals surface area (Å²) in [5, 5.41) is 0. The zero-order valence-corrected chi connectivity index (χ0v) is 14.6. The third-order valence-corrected chi connectivity index (χ3v) is 4.30. The monoisotopic (exact) mass is 393 g/mol. The molecule has 0 aromatic heterocycles. The molecule has 0 spiro atoms. The van der Waals surface area contributed by atoms with E-state index in [0.717, 1.165) is 18.4 Å². The topological polar surface area (TPSA) is 131 Å². The molecule has 1 aromatic rings. The highest BCUT2D eigenvalue weighted by Crippen LogP contribution is 2.39. The van der Waals surface area contributed by atoms with Gasteiger partial charge in [-0.3, -0.25) is 9.52 Å². The van der Waals surface area contributed by atoms with Gasteiger partial charge in [0.05, 0.1) is 17.5 Å². The van der Waals surface area contributed by atoms with Crippen LogP contribution in [0.4, 0.5) is 24.5 Å². The first-order valence-corrected chi connectivity index (χ1v) is 9.37. The van der Waals surface area contributed by atoms with Crippen LogP contribution in [-0.4, -0.2) is 39.1 Å². The van der Waals surface area contributed by atoms with E-state index in [-0.39, 0.29) is 5.69 Å². The minimum atomic E-state index is -4.79. The maximum absolute atomic E-state index is 13.3. The number of amides is 1. The molecule has 8 nitrogen and oxygen atoms in total. The van der Waals surface area contributed by atoms with Crippen molar-refractivity contribution < 1.29 is 26.4 Å². The van der Waals surface area contributed by atoms with Gasteiger partial charge < -0.3 is 16.4 Å². The molecule has 1 unspecified atom stereocenters. The molecule has 1 fully saturated rings. The first-order valence-electron chi connectivity index (χ1n) is 7.47. The standard InChI is InChI=1S/C14H18F3N5O3S/c1-26(24,25)21-10-5-4-8(7-9(10)14(15,16)17)22-6-2-3-11(22)12(23)20-13(18)19/h4-5,7,11,21H,2-3,6H2,1H3,(H4,18,19,20,23). The molecular formula is C14H18F3N5O3S. The molecule has 1 aliphatic heterocycles. The van der Waals surface area contributed by atoms with Crippen LogP contribution in [0.5, 0.6) is 0 Å². The number of sulfonamides is 1. The maximum Gasteiger partial charge on any atom is 0.418 e. The minimum Gasteiger partial charge on any atom is -0.370 e. The Kier molecular flexibility index (Phi) is 5.35. The summed E-state index contributed by atoms with van der Waals surface area (Å²) >= 11 is 0. The van der Waals surface area contributed by atoms with Crippen LogP contribution in [0.1, 0.15) is 18.4 Å². The molecule has 0 saturated carbocycles. The van der Waals surface area contributed by atoms with Crippen molar-refractivity contribution in [2.75, 3.05) is 22.4 Å². The lowest BCUT2D eigenvalue weighted by atomic mass is 10.1. The third kappa shape index (κ3) is 4.77. The number of carbonyl (C=O) groups is 1. The number of nitrogens with zero attached hydrogens (tertiary/aromatic N) is 2. The van der Waals surface area contributed by atoms with Crippen LogP contribution < -0.4 is 21.1 Å². The SMILES string of the molecule is CS(=O)(=O)Nc1ccc(N2CCCC2C(=O)N=C(N)N)cc1C(F)(F)F. The fourth-order valence-corrected chi connectivity index (χ4v) is 3.35. The zero-order valence-electron chi connectivity index (χ0n) is 13.7. The smallest absolute Gasteiger partial charge is 0.370 e. The van der Waals surface area contributed by atoms with Gasteiger partial charge in [-0.15, -0.1) is 0 Å². The van der Waals surface area contributed by atoms with Gasteiger partial charge in [-0.25, -0.2) is 8.42 Å². The van der Waals surface area contributed by atoms with Crippen LogP contribution in [0.3, 0.4) is 0 Å². The summed E-state index contributed by atoms with van der Waals surface area (Å²) in [5.74, 6) is -1.07. The number of anilines is 2. The van der Waals surface area contributed by atoms with Gasteiger partial charge in [0, 0.05) is 12.2 Å². The summed E-state index contributed by atoms with van der Waals surface area (Å²) in [7, 11) is -3.89. The number of hydrogen-bond donors (Lipinski definition) is 3. The number of nitrogens with one attached hydrogen (secondary N) is 1. The summed E-state index contributed by atoms with van der Waals surface area (Å²) in [6.45, 7) is 0.340. The number of aliphatic imine (C=N–C) groups is 1. The summed E-state index contributed by atoms with van der Waals surface area (Å²) in [5.41, 5.74) is 8.74. The van der Waals surface area contributed by atoms with Crippen LogP contribution >= 0.6 is 0 Å². The van der Waals surface area contributed by atoms with Gasteiger partial charge in [-0.1, -0.05) is 0 Å². The number of hydrogen-bond acceptors (Lipinski definition) is 4. The molecular weight excluding hydrogens is 375 g/mol. The van der Waals surface area contributed by atoms with Crippen molar-refractivity contribution in [3.05, 3.63) is 23.8 Å². The molecule has 1 aliphatic rings. The van der Waals surface area contributed by atoms with Gasteiger partial charge in [0.1, 0.15) is 6.04 Å². The fourth-order valence-electron chi connectivity index (χ4n) is 2.77. The number of carbonyl (C=O) groups excluding carboxylic acids is 1. The Morgan fingerprint density at radius 1 is 1.35 bits per heavy atom. The quantitative estimate of drug-likeness (QED) is 0.513. The van der Waals surface area contributed by atoms with E-state index in [2.05, 4.69) is 4.99 Å². The molecule has 2 rings (SSSR count). The lowest BCUT2D eigenvalue weighted by Gasteiger charge is -2.26. The van der Waals surface area contributed by atoms with Crippen molar-refractivity contribution >= 4 is 33.3 Å². The van der Waals surface area contributed by atoms with Crippen molar-refractivity contribution in [2.24, 2.45) is 16.5 Å². The summed E-state index contributed by atoms with van der Waals surface area (Å²) in [6.07, 6.45) is -3.07. The second kappa shape index (κ2) is 7.02. The first-order chi connectivity index (χ1) is 11.9. The molecule has 5 N–H and O–H groups in total. The average molecular weight is 393 g/mol. The first kappa shape index (κ1) is 19.8. The van der Waals surface area contributed by atoms with Crippen LogP contribution in [0.25, 0.3) is 0 Å². The Balaban J connectivity index is 2.44. The number of alkyl halides is 3. The average Bonchev–Trinajstić information content (AvgIpc) is 2.93. The van der Waals surface area contributed by atoms with Gasteiger partial charge in [-0.05, 0) is 31.0 Å². The van der Waals surface area contributed by atoms with Gasteiger partial charge in [0.15, 0.2) is 5.96 Å². The molecule has 1 heterocycles. The molecule has 26 heavy (non-hydrogen) atoms. The van der Waals surface area contributed by atoms with Gasteiger partial charge >= 0.3 is 6.18 Å². The predicted octanol–water partition coefficient (Wildman–Crippen LogP) is 0.846. The minimum absolute atomic E-state index is 0.123.